The number of rotatable bonds is 6. The van der Waals surface area contributed by atoms with Gasteiger partial charge in [0.15, 0.2) is 0 Å². The van der Waals surface area contributed by atoms with Gasteiger partial charge in [-0.3, -0.25) is 9.10 Å². The van der Waals surface area contributed by atoms with Crippen LogP contribution < -0.4 is 9.04 Å². The lowest BCUT2D eigenvalue weighted by Crippen LogP contribution is -2.49. The van der Waals surface area contributed by atoms with Gasteiger partial charge in [-0.25, -0.2) is 17.2 Å². The summed E-state index contributed by atoms with van der Waals surface area (Å²) < 4.78 is 63.3. The number of carboxylic acids is 1. The van der Waals surface area contributed by atoms with Crippen molar-refractivity contribution in [3.05, 3.63) is 77.9 Å². The fraction of sp³-hybridized carbons (Fsp3) is 0.296. The van der Waals surface area contributed by atoms with Gasteiger partial charge in [0.05, 0.1) is 22.5 Å². The summed E-state index contributed by atoms with van der Waals surface area (Å²) >= 11 is 0. The molecule has 1 heterocycles. The molecule has 6 nitrogen and oxygen atoms in total. The number of benzene rings is 3. The van der Waals surface area contributed by atoms with Crippen LogP contribution in [0.25, 0.3) is 11.1 Å². The molecule has 9 heteroatoms. The summed E-state index contributed by atoms with van der Waals surface area (Å²) in [6, 6.07) is 14.1. The third kappa shape index (κ3) is 4.21. The van der Waals surface area contributed by atoms with Crippen LogP contribution >= 0.6 is 0 Å². The Morgan fingerprint density at radius 1 is 1.11 bits per heavy atom. The van der Waals surface area contributed by atoms with Gasteiger partial charge in [-0.15, -0.1) is 0 Å². The van der Waals surface area contributed by atoms with Gasteiger partial charge >= 0.3 is 5.97 Å². The molecule has 0 amide bonds. The molecule has 0 saturated heterocycles. The summed E-state index contributed by atoms with van der Waals surface area (Å²) in [7, 11) is -4.07. The summed E-state index contributed by atoms with van der Waals surface area (Å²) in [4.78, 5) is 12.0. The highest BCUT2D eigenvalue weighted by molar-refractivity contribution is 7.92. The maximum atomic E-state index is 14.5. The van der Waals surface area contributed by atoms with Crippen LogP contribution in [0.15, 0.2) is 65.6 Å². The average Bonchev–Trinajstić information content (AvgIpc) is 2.82. The van der Waals surface area contributed by atoms with Gasteiger partial charge < -0.3 is 9.84 Å². The molecule has 1 atom stereocenters. The Bertz CT molecular complexity index is 1450. The van der Waals surface area contributed by atoms with Crippen molar-refractivity contribution in [2.45, 2.75) is 43.6 Å². The van der Waals surface area contributed by atoms with Crippen LogP contribution in [0.4, 0.5) is 14.5 Å². The van der Waals surface area contributed by atoms with E-state index in [9.17, 15) is 27.1 Å². The van der Waals surface area contributed by atoms with Crippen LogP contribution in [0.2, 0.25) is 0 Å². The number of carbonyl (C=O) groups is 1. The zero-order valence-corrected chi connectivity index (χ0v) is 20.4. The van der Waals surface area contributed by atoms with Gasteiger partial charge in [0, 0.05) is 12.0 Å². The average molecular weight is 514 g/mol. The molecule has 2 aliphatic rings. The standard InChI is InChI=1S/C27H25F2NO5S/c1-17-4-2-5-21(12-17)36(33,34)30-16-20(15-27(26(31)32)10-3-11-27)35-25-9-6-18(13-24(25)30)22-14-19(28)7-8-23(22)29/h2,4-9,12-14,20H,3,10-11,15-16H2,1H3,(H,31,32)/t20-/m0/s1. The maximum Gasteiger partial charge on any atom is 0.309 e. The minimum Gasteiger partial charge on any atom is -0.486 e. The third-order valence-electron chi connectivity index (χ3n) is 7.09. The van der Waals surface area contributed by atoms with E-state index >= 15 is 0 Å². The van der Waals surface area contributed by atoms with Crippen molar-refractivity contribution in [3.8, 4) is 16.9 Å². The minimum atomic E-state index is -4.07. The molecule has 1 saturated carbocycles. The van der Waals surface area contributed by atoms with Gasteiger partial charge in [-0.1, -0.05) is 24.6 Å². The number of ether oxygens (including phenoxy) is 1. The molecule has 5 rings (SSSR count). The first-order valence-corrected chi connectivity index (χ1v) is 13.1. The van der Waals surface area contributed by atoms with E-state index in [4.69, 9.17) is 4.74 Å². The van der Waals surface area contributed by atoms with Crippen LogP contribution in [0.3, 0.4) is 0 Å². The predicted octanol–water partition coefficient (Wildman–Crippen LogP) is 5.54. The van der Waals surface area contributed by atoms with Gasteiger partial charge in [0.1, 0.15) is 23.5 Å². The van der Waals surface area contributed by atoms with E-state index < -0.39 is 39.1 Å². The Morgan fingerprint density at radius 2 is 1.89 bits per heavy atom. The molecule has 0 spiro atoms. The number of aryl methyl sites for hydroxylation is 1. The fourth-order valence-electron chi connectivity index (χ4n) is 4.98. The minimum absolute atomic E-state index is 0.00729. The van der Waals surface area contributed by atoms with Gasteiger partial charge in [-0.2, -0.15) is 0 Å². The molecule has 0 aromatic heterocycles. The molecular formula is C27H25F2NO5S. The van der Waals surface area contributed by atoms with Crippen LogP contribution in [0.5, 0.6) is 5.75 Å². The number of halogens is 2. The van der Waals surface area contributed by atoms with E-state index in [-0.39, 0.29) is 34.9 Å². The number of fused-ring (bicyclic) bond motifs is 1. The number of sulfonamides is 1. The molecule has 0 bridgehead atoms. The zero-order chi connectivity index (χ0) is 25.7. The van der Waals surface area contributed by atoms with Crippen LogP contribution in [0, 0.1) is 24.0 Å². The number of hydrogen-bond donors (Lipinski definition) is 1. The molecule has 0 unspecified atom stereocenters. The first-order chi connectivity index (χ1) is 17.1. The van der Waals surface area contributed by atoms with Crippen molar-refractivity contribution in [2.24, 2.45) is 5.41 Å². The predicted molar refractivity (Wildman–Crippen MR) is 130 cm³/mol. The van der Waals surface area contributed by atoms with Crippen molar-refractivity contribution in [2.75, 3.05) is 10.8 Å². The normalized spacial score (nSPS) is 18.6. The molecule has 3 aromatic carbocycles. The van der Waals surface area contributed by atoms with E-state index in [0.717, 1.165) is 30.2 Å². The molecule has 1 aliphatic carbocycles. The molecule has 188 valence electrons. The Kier molecular flexibility index (Phi) is 5.98. The molecule has 1 fully saturated rings. The topological polar surface area (TPSA) is 83.9 Å². The second kappa shape index (κ2) is 8.89. The second-order valence-corrected chi connectivity index (χ2v) is 11.4. The molecule has 1 aliphatic heterocycles. The van der Waals surface area contributed by atoms with E-state index in [1.54, 1.807) is 25.1 Å². The number of nitrogens with zero attached hydrogens (tertiary/aromatic N) is 1. The summed E-state index contributed by atoms with van der Waals surface area (Å²) in [5.41, 5.74) is 0.291. The van der Waals surface area contributed by atoms with Crippen molar-refractivity contribution >= 4 is 21.7 Å². The second-order valence-electron chi connectivity index (χ2n) is 9.54. The fourth-order valence-corrected chi connectivity index (χ4v) is 6.58. The van der Waals surface area contributed by atoms with E-state index in [1.165, 1.54) is 28.6 Å². The highest BCUT2D eigenvalue weighted by Crippen LogP contribution is 2.48. The maximum absolute atomic E-state index is 14.5. The van der Waals surface area contributed by atoms with Gasteiger partial charge in [0.2, 0.25) is 0 Å². The third-order valence-corrected chi connectivity index (χ3v) is 8.87. The first-order valence-electron chi connectivity index (χ1n) is 11.7. The quantitative estimate of drug-likeness (QED) is 0.468. The zero-order valence-electron chi connectivity index (χ0n) is 19.6. The van der Waals surface area contributed by atoms with Crippen molar-refractivity contribution < 1.29 is 31.8 Å². The largest absolute Gasteiger partial charge is 0.486 e. The molecule has 3 aromatic rings. The van der Waals surface area contributed by atoms with Crippen molar-refractivity contribution in [1.82, 2.24) is 0 Å². The van der Waals surface area contributed by atoms with Crippen LogP contribution in [0.1, 0.15) is 31.2 Å². The van der Waals surface area contributed by atoms with E-state index in [1.807, 2.05) is 0 Å². The number of carboxylic acid groups (broad SMARTS) is 1. The lowest BCUT2D eigenvalue weighted by Gasteiger charge is -2.43. The Hall–Kier alpha value is -3.46. The summed E-state index contributed by atoms with van der Waals surface area (Å²) in [5, 5.41) is 9.80. The Morgan fingerprint density at radius 3 is 2.56 bits per heavy atom. The highest BCUT2D eigenvalue weighted by atomic mass is 32.2. The Labute approximate surface area is 208 Å². The monoisotopic (exact) mass is 513 g/mol. The summed E-state index contributed by atoms with van der Waals surface area (Å²) in [5.74, 6) is -1.94. The molecule has 36 heavy (non-hydrogen) atoms. The summed E-state index contributed by atoms with van der Waals surface area (Å²) in [6.45, 7) is 1.68. The van der Waals surface area contributed by atoms with Gasteiger partial charge in [-0.05, 0) is 73.4 Å². The first kappa shape index (κ1) is 24.2. The van der Waals surface area contributed by atoms with Crippen LogP contribution in [-0.2, 0) is 14.8 Å². The molecular weight excluding hydrogens is 488 g/mol. The lowest BCUT2D eigenvalue weighted by atomic mass is 9.65. The smallest absolute Gasteiger partial charge is 0.309 e. The SMILES string of the molecule is Cc1cccc(S(=O)(=O)N2C[C@H](CC3(C(=O)O)CCC3)Oc3ccc(-c4cc(F)ccc4F)cc32)c1. The van der Waals surface area contributed by atoms with E-state index in [2.05, 4.69) is 0 Å². The van der Waals surface area contributed by atoms with Crippen LogP contribution in [-0.4, -0.2) is 32.1 Å². The highest BCUT2D eigenvalue weighted by Gasteiger charge is 2.48. The summed E-state index contributed by atoms with van der Waals surface area (Å²) in [6.07, 6.45) is 1.30. The lowest BCUT2D eigenvalue weighted by molar-refractivity contribution is -0.156. The van der Waals surface area contributed by atoms with Crippen molar-refractivity contribution in [3.63, 3.8) is 0 Å². The van der Waals surface area contributed by atoms with Gasteiger partial charge in [0.25, 0.3) is 10.0 Å². The number of anilines is 1. The molecule has 1 N–H and O–H groups in total. The Balaban J connectivity index is 1.60. The van der Waals surface area contributed by atoms with E-state index in [0.29, 0.717) is 18.4 Å². The molecule has 0 radical (unpaired) electrons. The number of aliphatic carboxylic acids is 1. The number of hydrogen-bond acceptors (Lipinski definition) is 4. The van der Waals surface area contributed by atoms with Crippen molar-refractivity contribution in [1.29, 1.82) is 0 Å².